The number of likely N-dealkylation sites (N-methyl/N-ethyl adjacent to an activating group) is 1. The third-order valence-electron chi connectivity index (χ3n) is 3.43. The number of para-hydroxylation sites is 1. The Morgan fingerprint density at radius 2 is 2.05 bits per heavy atom. The normalized spacial score (nSPS) is 12.3. The largest absolute Gasteiger partial charge is 0.494 e. The Kier molecular flexibility index (Phi) is 5.75. The topological polar surface area (TPSA) is 52.0 Å². The van der Waals surface area contributed by atoms with Gasteiger partial charge in [0.15, 0.2) is 0 Å². The molecule has 1 aromatic heterocycles. The third kappa shape index (κ3) is 3.82. The van der Waals surface area contributed by atoms with Crippen LogP contribution in [0.15, 0.2) is 30.6 Å². The molecule has 0 fully saturated rings. The molecule has 114 valence electrons. The van der Waals surface area contributed by atoms with Gasteiger partial charge >= 0.3 is 0 Å². The van der Waals surface area contributed by atoms with Crippen LogP contribution in [0, 0.1) is 0 Å². The van der Waals surface area contributed by atoms with E-state index in [9.17, 15) is 0 Å². The molecule has 0 radical (unpaired) electrons. The van der Waals surface area contributed by atoms with Crippen LogP contribution in [-0.2, 0) is 13.0 Å². The van der Waals surface area contributed by atoms with Gasteiger partial charge < -0.3 is 10.1 Å². The minimum atomic E-state index is 0.173. The molecule has 0 aliphatic carbocycles. The molecule has 1 aromatic carbocycles. The Balaban J connectivity index is 2.26. The van der Waals surface area contributed by atoms with E-state index < -0.39 is 0 Å². The number of hydrogen-bond donors (Lipinski definition) is 1. The second-order valence-electron chi connectivity index (χ2n) is 4.78. The van der Waals surface area contributed by atoms with Crippen molar-refractivity contribution in [3.05, 3.63) is 42.0 Å². The molecule has 5 heteroatoms. The first-order valence-corrected chi connectivity index (χ1v) is 7.61. The molecule has 0 saturated heterocycles. The lowest BCUT2D eigenvalue weighted by molar-refractivity contribution is 0.330. The minimum absolute atomic E-state index is 0.173. The molecule has 0 spiro atoms. The molecule has 1 unspecified atom stereocenters. The molecule has 1 atom stereocenters. The summed E-state index contributed by atoms with van der Waals surface area (Å²) < 4.78 is 7.70. The monoisotopic (exact) mass is 288 g/mol. The van der Waals surface area contributed by atoms with E-state index in [1.165, 1.54) is 5.56 Å². The molecule has 21 heavy (non-hydrogen) atoms. The summed E-state index contributed by atoms with van der Waals surface area (Å²) in [6.07, 6.45) is 2.42. The number of hydrogen-bond acceptors (Lipinski definition) is 4. The fourth-order valence-corrected chi connectivity index (χ4v) is 2.49. The summed E-state index contributed by atoms with van der Waals surface area (Å²) in [7, 11) is 0. The van der Waals surface area contributed by atoms with Crippen molar-refractivity contribution in [2.75, 3.05) is 13.2 Å². The summed E-state index contributed by atoms with van der Waals surface area (Å²) in [4.78, 5) is 4.38. The van der Waals surface area contributed by atoms with Crippen molar-refractivity contribution in [3.8, 4) is 5.75 Å². The number of nitrogens with one attached hydrogen (secondary N) is 1. The molecule has 0 amide bonds. The molecule has 0 aliphatic rings. The molecule has 5 nitrogen and oxygen atoms in total. The van der Waals surface area contributed by atoms with E-state index in [0.717, 1.165) is 31.1 Å². The van der Waals surface area contributed by atoms with Gasteiger partial charge in [-0.3, -0.25) is 4.68 Å². The zero-order valence-electron chi connectivity index (χ0n) is 13.0. The van der Waals surface area contributed by atoms with E-state index in [0.29, 0.717) is 6.61 Å². The van der Waals surface area contributed by atoms with Gasteiger partial charge in [0.05, 0.1) is 6.61 Å². The summed E-state index contributed by atoms with van der Waals surface area (Å²) in [5, 5.41) is 7.77. The number of aromatic nitrogens is 3. The Morgan fingerprint density at radius 3 is 2.76 bits per heavy atom. The van der Waals surface area contributed by atoms with Gasteiger partial charge in [-0.05, 0) is 26.5 Å². The minimum Gasteiger partial charge on any atom is -0.494 e. The average molecular weight is 288 g/mol. The van der Waals surface area contributed by atoms with Gasteiger partial charge in [-0.1, -0.05) is 25.1 Å². The van der Waals surface area contributed by atoms with Crippen molar-refractivity contribution in [1.82, 2.24) is 20.1 Å². The lowest BCUT2D eigenvalue weighted by Gasteiger charge is -2.21. The Labute approximate surface area is 126 Å². The highest BCUT2D eigenvalue weighted by Crippen LogP contribution is 2.27. The predicted molar refractivity (Wildman–Crippen MR) is 83.4 cm³/mol. The van der Waals surface area contributed by atoms with E-state index >= 15 is 0 Å². The number of benzene rings is 1. The van der Waals surface area contributed by atoms with Crippen molar-refractivity contribution in [3.63, 3.8) is 0 Å². The molecular weight excluding hydrogens is 264 g/mol. The van der Waals surface area contributed by atoms with Gasteiger partial charge in [-0.2, -0.15) is 5.10 Å². The number of rotatable bonds is 8. The first kappa shape index (κ1) is 15.5. The van der Waals surface area contributed by atoms with E-state index in [1.807, 2.05) is 29.8 Å². The highest BCUT2D eigenvalue weighted by Gasteiger charge is 2.18. The van der Waals surface area contributed by atoms with Gasteiger partial charge in [-0.25, -0.2) is 4.98 Å². The van der Waals surface area contributed by atoms with E-state index in [2.05, 4.69) is 35.3 Å². The van der Waals surface area contributed by atoms with Crippen molar-refractivity contribution in [1.29, 1.82) is 0 Å². The van der Waals surface area contributed by atoms with Crippen LogP contribution in [0.25, 0.3) is 0 Å². The van der Waals surface area contributed by atoms with Crippen LogP contribution in [0.4, 0.5) is 0 Å². The number of ether oxygens (including phenoxy) is 1. The third-order valence-corrected chi connectivity index (χ3v) is 3.43. The molecule has 0 bridgehead atoms. The Morgan fingerprint density at radius 1 is 1.24 bits per heavy atom. The molecule has 2 rings (SSSR count). The summed E-state index contributed by atoms with van der Waals surface area (Å²) in [6.45, 7) is 8.59. The second-order valence-corrected chi connectivity index (χ2v) is 4.78. The second kappa shape index (κ2) is 7.78. The van der Waals surface area contributed by atoms with E-state index in [-0.39, 0.29) is 6.04 Å². The van der Waals surface area contributed by atoms with Crippen molar-refractivity contribution in [2.24, 2.45) is 0 Å². The fourth-order valence-electron chi connectivity index (χ4n) is 2.49. The number of aryl methyl sites for hydroxylation is 1. The molecule has 0 saturated carbocycles. The van der Waals surface area contributed by atoms with Gasteiger partial charge in [0.1, 0.15) is 17.9 Å². The van der Waals surface area contributed by atoms with E-state index in [1.54, 1.807) is 6.33 Å². The SMILES string of the molecule is CCNC(Cc1ncnn1CC)c1ccccc1OCC. The molecule has 0 aliphatic heterocycles. The highest BCUT2D eigenvalue weighted by molar-refractivity contribution is 5.36. The molecule has 1 heterocycles. The summed E-state index contributed by atoms with van der Waals surface area (Å²) in [5.41, 5.74) is 1.17. The highest BCUT2D eigenvalue weighted by atomic mass is 16.5. The van der Waals surface area contributed by atoms with Gasteiger partial charge in [0.2, 0.25) is 0 Å². The summed E-state index contributed by atoms with van der Waals surface area (Å²) in [6, 6.07) is 8.37. The van der Waals surface area contributed by atoms with E-state index in [4.69, 9.17) is 4.74 Å². The van der Waals surface area contributed by atoms with Crippen LogP contribution in [0.3, 0.4) is 0 Å². The quantitative estimate of drug-likeness (QED) is 0.811. The standard InChI is InChI=1S/C16H24N4O/c1-4-17-14(11-16-18-12-19-20(16)5-2)13-9-7-8-10-15(13)21-6-3/h7-10,12,14,17H,4-6,11H2,1-3H3. The maximum absolute atomic E-state index is 5.76. The first-order valence-electron chi connectivity index (χ1n) is 7.61. The van der Waals surface area contributed by atoms with Crippen molar-refractivity contribution < 1.29 is 4.74 Å². The molecule has 1 N–H and O–H groups in total. The van der Waals surface area contributed by atoms with Gasteiger partial charge in [0, 0.05) is 24.6 Å². The maximum atomic E-state index is 5.76. The zero-order chi connectivity index (χ0) is 15.1. The molecule has 2 aromatic rings. The lowest BCUT2D eigenvalue weighted by Crippen LogP contribution is -2.25. The summed E-state index contributed by atoms with van der Waals surface area (Å²) >= 11 is 0. The molecular formula is C16H24N4O. The average Bonchev–Trinajstić information content (AvgIpc) is 2.95. The van der Waals surface area contributed by atoms with Crippen LogP contribution in [0.5, 0.6) is 5.75 Å². The predicted octanol–water partition coefficient (Wildman–Crippen LogP) is 2.59. The van der Waals surface area contributed by atoms with Crippen molar-refractivity contribution >= 4 is 0 Å². The summed E-state index contributed by atoms with van der Waals surface area (Å²) in [5.74, 6) is 1.93. The van der Waals surface area contributed by atoms with Crippen LogP contribution >= 0.6 is 0 Å². The lowest BCUT2D eigenvalue weighted by atomic mass is 10.0. The van der Waals surface area contributed by atoms with Crippen LogP contribution in [-0.4, -0.2) is 27.9 Å². The maximum Gasteiger partial charge on any atom is 0.138 e. The first-order chi connectivity index (χ1) is 10.3. The van der Waals surface area contributed by atoms with Crippen LogP contribution in [0.2, 0.25) is 0 Å². The van der Waals surface area contributed by atoms with Crippen molar-refractivity contribution in [2.45, 2.75) is 39.8 Å². The fraction of sp³-hybridized carbons (Fsp3) is 0.500. The van der Waals surface area contributed by atoms with Gasteiger partial charge in [0.25, 0.3) is 0 Å². The number of nitrogens with zero attached hydrogens (tertiary/aromatic N) is 3. The van der Waals surface area contributed by atoms with Crippen LogP contribution < -0.4 is 10.1 Å². The van der Waals surface area contributed by atoms with Crippen LogP contribution in [0.1, 0.15) is 38.2 Å². The van der Waals surface area contributed by atoms with Gasteiger partial charge in [-0.15, -0.1) is 0 Å². The Bertz CT molecular complexity index is 553. The Hall–Kier alpha value is -1.88. The zero-order valence-corrected chi connectivity index (χ0v) is 13.0. The smallest absolute Gasteiger partial charge is 0.138 e.